The lowest BCUT2D eigenvalue weighted by Crippen LogP contribution is -2.31. The highest BCUT2D eigenvalue weighted by Gasteiger charge is 2.18. The van der Waals surface area contributed by atoms with E-state index in [0.717, 1.165) is 0 Å². The van der Waals surface area contributed by atoms with Gasteiger partial charge in [0.1, 0.15) is 11.6 Å². The molecule has 2 rings (SSSR count). The zero-order valence-corrected chi connectivity index (χ0v) is 13.0. The Morgan fingerprint density at radius 2 is 1.91 bits per heavy atom. The Kier molecular flexibility index (Phi) is 4.86. The van der Waals surface area contributed by atoms with Crippen LogP contribution in [0.15, 0.2) is 35.3 Å². The molecule has 22 heavy (non-hydrogen) atoms. The number of amides is 1. The Bertz CT molecular complexity index is 804. The third-order valence-corrected chi connectivity index (χ3v) is 3.36. The molecule has 2 N–H and O–H groups in total. The molecular formula is C15H11Cl2N3O2. The number of carbonyl (C=O) groups excluding carboxylic acids is 1. The van der Waals surface area contributed by atoms with Crippen LogP contribution in [0, 0.1) is 18.3 Å². The summed E-state index contributed by atoms with van der Waals surface area (Å²) in [6.07, 6.45) is 1.31. The first-order valence-corrected chi connectivity index (χ1v) is 7.02. The minimum absolute atomic E-state index is 0.0704. The second-order valence-corrected chi connectivity index (χ2v) is 5.51. The molecule has 0 spiro atoms. The van der Waals surface area contributed by atoms with Crippen LogP contribution in [0.4, 0.5) is 0 Å². The molecule has 0 aliphatic heterocycles. The molecular weight excluding hydrogens is 325 g/mol. The molecule has 1 atom stereocenters. The Labute approximate surface area is 136 Å². The number of H-pyrrole nitrogens is 1. The van der Waals surface area contributed by atoms with E-state index in [-0.39, 0.29) is 5.56 Å². The number of benzene rings is 1. The van der Waals surface area contributed by atoms with Crippen molar-refractivity contribution in [2.75, 3.05) is 0 Å². The normalized spacial score (nSPS) is 11.5. The predicted octanol–water partition coefficient (Wildman–Crippen LogP) is 2.98. The Morgan fingerprint density at radius 3 is 2.45 bits per heavy atom. The maximum Gasteiger partial charge on any atom is 0.258 e. The van der Waals surface area contributed by atoms with Gasteiger partial charge in [-0.1, -0.05) is 23.2 Å². The number of nitriles is 1. The molecule has 0 saturated carbocycles. The minimum atomic E-state index is -0.968. The summed E-state index contributed by atoms with van der Waals surface area (Å²) in [5.41, 5.74) is 0.588. The number of aryl methyl sites for hydroxylation is 1. The summed E-state index contributed by atoms with van der Waals surface area (Å²) in [4.78, 5) is 26.7. The first kappa shape index (κ1) is 16.1. The number of pyridine rings is 1. The van der Waals surface area contributed by atoms with E-state index in [4.69, 9.17) is 23.2 Å². The van der Waals surface area contributed by atoms with Crippen molar-refractivity contribution in [2.45, 2.75) is 13.0 Å². The van der Waals surface area contributed by atoms with E-state index in [0.29, 0.717) is 21.3 Å². The van der Waals surface area contributed by atoms with Crippen molar-refractivity contribution in [3.8, 4) is 6.07 Å². The number of aromatic nitrogens is 1. The zero-order chi connectivity index (χ0) is 16.3. The maximum absolute atomic E-state index is 12.1. The Morgan fingerprint density at radius 1 is 1.27 bits per heavy atom. The first-order valence-electron chi connectivity index (χ1n) is 6.26. The Balaban J connectivity index is 2.28. The van der Waals surface area contributed by atoms with Crippen molar-refractivity contribution < 1.29 is 4.79 Å². The van der Waals surface area contributed by atoms with Gasteiger partial charge in [0.2, 0.25) is 0 Å². The van der Waals surface area contributed by atoms with Gasteiger partial charge in [0.15, 0.2) is 5.43 Å². The number of hydrogen-bond donors (Lipinski definition) is 2. The highest BCUT2D eigenvalue weighted by atomic mass is 35.5. The third kappa shape index (κ3) is 3.67. The largest absolute Gasteiger partial charge is 0.364 e. The monoisotopic (exact) mass is 335 g/mol. The van der Waals surface area contributed by atoms with Crippen LogP contribution in [-0.4, -0.2) is 10.9 Å². The summed E-state index contributed by atoms with van der Waals surface area (Å²) >= 11 is 11.8. The number of rotatable bonds is 3. The summed E-state index contributed by atoms with van der Waals surface area (Å²) in [5.74, 6) is -0.649. The molecule has 0 aliphatic carbocycles. The highest BCUT2D eigenvalue weighted by molar-refractivity contribution is 6.34. The van der Waals surface area contributed by atoms with Crippen molar-refractivity contribution >= 4 is 29.1 Å². The summed E-state index contributed by atoms with van der Waals surface area (Å²) in [7, 11) is 0. The third-order valence-electron chi connectivity index (χ3n) is 2.92. The molecule has 1 amide bonds. The summed E-state index contributed by atoms with van der Waals surface area (Å²) < 4.78 is 0. The molecule has 0 bridgehead atoms. The van der Waals surface area contributed by atoms with Crippen LogP contribution in [0.25, 0.3) is 0 Å². The van der Waals surface area contributed by atoms with E-state index in [1.807, 2.05) is 6.07 Å². The van der Waals surface area contributed by atoms with Crippen LogP contribution in [0.3, 0.4) is 0 Å². The molecule has 1 aromatic carbocycles. The summed E-state index contributed by atoms with van der Waals surface area (Å²) in [6, 6.07) is 6.87. The molecule has 1 aromatic heterocycles. The minimum Gasteiger partial charge on any atom is -0.364 e. The van der Waals surface area contributed by atoms with Crippen molar-refractivity contribution in [1.82, 2.24) is 10.3 Å². The van der Waals surface area contributed by atoms with Crippen LogP contribution in [0.1, 0.15) is 27.7 Å². The van der Waals surface area contributed by atoms with Crippen molar-refractivity contribution in [2.24, 2.45) is 0 Å². The molecule has 5 nitrogen and oxygen atoms in total. The van der Waals surface area contributed by atoms with Gasteiger partial charge in [-0.15, -0.1) is 0 Å². The lowest BCUT2D eigenvalue weighted by atomic mass is 10.1. The van der Waals surface area contributed by atoms with Crippen LogP contribution < -0.4 is 10.7 Å². The summed E-state index contributed by atoms with van der Waals surface area (Å²) in [5, 5.41) is 12.4. The smallest absolute Gasteiger partial charge is 0.258 e. The lowest BCUT2D eigenvalue weighted by molar-refractivity contribution is 0.0943. The number of nitrogens with one attached hydrogen (secondary N) is 2. The van der Waals surface area contributed by atoms with E-state index in [1.165, 1.54) is 30.5 Å². The first-order chi connectivity index (χ1) is 10.4. The van der Waals surface area contributed by atoms with Gasteiger partial charge < -0.3 is 10.3 Å². The quantitative estimate of drug-likeness (QED) is 0.903. The fraction of sp³-hybridized carbons (Fsp3) is 0.133. The zero-order valence-electron chi connectivity index (χ0n) is 11.5. The fourth-order valence-corrected chi connectivity index (χ4v) is 2.43. The molecule has 1 heterocycles. The van der Waals surface area contributed by atoms with Gasteiger partial charge in [0.25, 0.3) is 5.91 Å². The predicted molar refractivity (Wildman–Crippen MR) is 84.1 cm³/mol. The van der Waals surface area contributed by atoms with E-state index in [2.05, 4.69) is 10.3 Å². The highest BCUT2D eigenvalue weighted by Crippen LogP contribution is 2.23. The van der Waals surface area contributed by atoms with E-state index >= 15 is 0 Å². The van der Waals surface area contributed by atoms with Crippen LogP contribution in [0.2, 0.25) is 10.0 Å². The number of nitrogens with zero attached hydrogens (tertiary/aromatic N) is 1. The fourth-order valence-electron chi connectivity index (χ4n) is 1.89. The van der Waals surface area contributed by atoms with Crippen LogP contribution >= 0.6 is 23.2 Å². The van der Waals surface area contributed by atoms with E-state index in [9.17, 15) is 14.9 Å². The second-order valence-electron chi connectivity index (χ2n) is 4.63. The number of hydrogen-bond acceptors (Lipinski definition) is 3. The van der Waals surface area contributed by atoms with Gasteiger partial charge in [0, 0.05) is 28.0 Å². The standard InChI is InChI=1S/C15H11Cl2N3O2/c1-8-2-14(21)12(7-19-8)15(22)20-13(6-18)9-3-10(16)5-11(17)4-9/h2-5,7,13H,1H3,(H,19,21)(H,20,22). The number of carbonyl (C=O) groups is 1. The average molecular weight is 336 g/mol. The number of aromatic amines is 1. The van der Waals surface area contributed by atoms with Crippen molar-refractivity contribution in [3.05, 3.63) is 67.6 Å². The molecule has 7 heteroatoms. The van der Waals surface area contributed by atoms with Crippen LogP contribution in [-0.2, 0) is 0 Å². The van der Waals surface area contributed by atoms with Crippen molar-refractivity contribution in [3.63, 3.8) is 0 Å². The average Bonchev–Trinajstić information content (AvgIpc) is 2.43. The SMILES string of the molecule is Cc1cc(=O)c(C(=O)NC(C#N)c2cc(Cl)cc(Cl)c2)c[nH]1. The van der Waals surface area contributed by atoms with Gasteiger partial charge >= 0.3 is 0 Å². The second kappa shape index (κ2) is 6.65. The van der Waals surface area contributed by atoms with Gasteiger partial charge in [-0.05, 0) is 30.7 Å². The Hall–Kier alpha value is -2.29. The molecule has 1 unspecified atom stereocenters. The molecule has 0 aliphatic rings. The molecule has 0 fully saturated rings. The number of halogens is 2. The van der Waals surface area contributed by atoms with Crippen molar-refractivity contribution in [1.29, 1.82) is 5.26 Å². The maximum atomic E-state index is 12.1. The van der Waals surface area contributed by atoms with Gasteiger partial charge in [-0.2, -0.15) is 5.26 Å². The van der Waals surface area contributed by atoms with Gasteiger partial charge in [-0.3, -0.25) is 9.59 Å². The lowest BCUT2D eigenvalue weighted by Gasteiger charge is -2.12. The molecule has 0 saturated heterocycles. The molecule has 2 aromatic rings. The van der Waals surface area contributed by atoms with E-state index in [1.54, 1.807) is 6.92 Å². The van der Waals surface area contributed by atoms with Gasteiger partial charge in [-0.25, -0.2) is 0 Å². The van der Waals surface area contributed by atoms with E-state index < -0.39 is 17.4 Å². The summed E-state index contributed by atoms with van der Waals surface area (Å²) in [6.45, 7) is 1.70. The molecule has 0 radical (unpaired) electrons. The topological polar surface area (TPSA) is 85.8 Å². The molecule has 112 valence electrons. The van der Waals surface area contributed by atoms with Crippen LogP contribution in [0.5, 0.6) is 0 Å². The van der Waals surface area contributed by atoms with Gasteiger partial charge in [0.05, 0.1) is 6.07 Å².